The van der Waals surface area contributed by atoms with E-state index in [0.29, 0.717) is 0 Å². The van der Waals surface area contributed by atoms with Gasteiger partial charge in [-0.1, -0.05) is 6.58 Å². The average Bonchev–Trinajstić information content (AvgIpc) is 2.36. The van der Waals surface area contributed by atoms with Crippen LogP contribution in [0.15, 0.2) is 12.7 Å². The summed E-state index contributed by atoms with van der Waals surface area (Å²) in [7, 11) is 1.26. The molecule has 0 atom stereocenters. The van der Waals surface area contributed by atoms with Crippen LogP contribution in [0.1, 0.15) is 12.8 Å². The molecule has 0 aromatic carbocycles. The van der Waals surface area contributed by atoms with Crippen LogP contribution in [-0.2, 0) is 14.3 Å². The summed E-state index contributed by atoms with van der Waals surface area (Å²) >= 11 is 0. The van der Waals surface area contributed by atoms with Crippen molar-refractivity contribution in [2.75, 3.05) is 26.9 Å². The van der Waals surface area contributed by atoms with Crippen molar-refractivity contribution in [1.82, 2.24) is 5.32 Å². The van der Waals surface area contributed by atoms with Crippen molar-refractivity contribution in [2.45, 2.75) is 24.4 Å². The molecule has 0 bridgehead atoms. The first-order valence-electron chi connectivity index (χ1n) is 5.38. The molecule has 1 amide bonds. The zero-order valence-corrected chi connectivity index (χ0v) is 9.80. The Labute approximate surface area is 99.0 Å². The highest BCUT2D eigenvalue weighted by molar-refractivity contribution is 5.86. The topological polar surface area (TPSA) is 47.6 Å². The van der Waals surface area contributed by atoms with E-state index in [1.165, 1.54) is 7.11 Å². The lowest BCUT2D eigenvalue weighted by molar-refractivity contribution is -0.224. The standard InChI is InChI=1S/C11H17F2NO3/c1-3-9(15)14-8-11(12,13)10(16-2)4-6-17-7-5-10/h3H,1,4-8H2,2H3,(H,14,15). The van der Waals surface area contributed by atoms with E-state index in [9.17, 15) is 13.6 Å². The Kier molecular flexibility index (Phi) is 4.59. The molecule has 0 unspecified atom stereocenters. The first kappa shape index (κ1) is 14.1. The molecule has 1 aliphatic heterocycles. The third-order valence-electron chi connectivity index (χ3n) is 3.03. The van der Waals surface area contributed by atoms with E-state index < -0.39 is 24.0 Å². The molecule has 17 heavy (non-hydrogen) atoms. The molecule has 1 N–H and O–H groups in total. The highest BCUT2D eigenvalue weighted by Gasteiger charge is 2.54. The van der Waals surface area contributed by atoms with Crippen LogP contribution in [0.25, 0.3) is 0 Å². The van der Waals surface area contributed by atoms with Gasteiger partial charge < -0.3 is 14.8 Å². The summed E-state index contributed by atoms with van der Waals surface area (Å²) in [4.78, 5) is 10.9. The fraction of sp³-hybridized carbons (Fsp3) is 0.727. The second kappa shape index (κ2) is 5.55. The molecule has 4 nitrogen and oxygen atoms in total. The molecule has 1 saturated heterocycles. The first-order chi connectivity index (χ1) is 7.97. The Hall–Kier alpha value is -1.01. The van der Waals surface area contributed by atoms with Crippen LogP contribution in [0.5, 0.6) is 0 Å². The molecule has 1 rings (SSSR count). The maximum Gasteiger partial charge on any atom is 0.293 e. The lowest BCUT2D eigenvalue weighted by atomic mass is 9.87. The van der Waals surface area contributed by atoms with Crippen LogP contribution in [0.4, 0.5) is 8.78 Å². The van der Waals surface area contributed by atoms with E-state index in [1.807, 2.05) is 0 Å². The van der Waals surface area contributed by atoms with Crippen LogP contribution in [0.3, 0.4) is 0 Å². The Bertz CT molecular complexity index is 288. The fourth-order valence-electron chi connectivity index (χ4n) is 1.85. The number of hydrogen-bond donors (Lipinski definition) is 1. The van der Waals surface area contributed by atoms with Gasteiger partial charge in [-0.2, -0.15) is 0 Å². The van der Waals surface area contributed by atoms with Crippen LogP contribution in [-0.4, -0.2) is 44.3 Å². The monoisotopic (exact) mass is 249 g/mol. The highest BCUT2D eigenvalue weighted by Crippen LogP contribution is 2.39. The largest absolute Gasteiger partial charge is 0.381 e. The van der Waals surface area contributed by atoms with Gasteiger partial charge in [-0.3, -0.25) is 4.79 Å². The molecule has 0 saturated carbocycles. The van der Waals surface area contributed by atoms with Gasteiger partial charge >= 0.3 is 0 Å². The summed E-state index contributed by atoms with van der Waals surface area (Å²) in [5.74, 6) is -3.76. The van der Waals surface area contributed by atoms with Gasteiger partial charge in [-0.25, -0.2) is 8.78 Å². The van der Waals surface area contributed by atoms with E-state index in [2.05, 4.69) is 11.9 Å². The maximum absolute atomic E-state index is 14.0. The minimum Gasteiger partial charge on any atom is -0.381 e. The molecule has 98 valence electrons. The number of methoxy groups -OCH3 is 1. The maximum atomic E-state index is 14.0. The van der Waals surface area contributed by atoms with Crippen LogP contribution < -0.4 is 5.32 Å². The van der Waals surface area contributed by atoms with Gasteiger partial charge in [0.1, 0.15) is 5.60 Å². The number of hydrogen-bond acceptors (Lipinski definition) is 3. The molecule has 0 spiro atoms. The summed E-state index contributed by atoms with van der Waals surface area (Å²) in [6, 6.07) is 0. The molecular weight excluding hydrogens is 232 g/mol. The second-order valence-electron chi connectivity index (χ2n) is 3.94. The number of rotatable bonds is 5. The lowest BCUT2D eigenvalue weighted by Gasteiger charge is -2.41. The first-order valence-corrected chi connectivity index (χ1v) is 5.38. The second-order valence-corrected chi connectivity index (χ2v) is 3.94. The molecule has 1 fully saturated rings. The van der Waals surface area contributed by atoms with E-state index in [1.54, 1.807) is 0 Å². The third-order valence-corrected chi connectivity index (χ3v) is 3.03. The molecule has 1 aliphatic rings. The summed E-state index contributed by atoms with van der Waals surface area (Å²) in [6.45, 7) is 2.91. The minimum atomic E-state index is -3.13. The van der Waals surface area contributed by atoms with Crippen LogP contribution in [0.2, 0.25) is 0 Å². The molecule has 0 aromatic rings. The third kappa shape index (κ3) is 3.01. The number of ether oxygens (including phenoxy) is 2. The van der Waals surface area contributed by atoms with Crippen molar-refractivity contribution in [2.24, 2.45) is 0 Å². The number of carbonyl (C=O) groups is 1. The van der Waals surface area contributed by atoms with Gasteiger partial charge in [0.05, 0.1) is 6.54 Å². The summed E-state index contributed by atoms with van der Waals surface area (Å²) in [5, 5.41) is 2.10. The van der Waals surface area contributed by atoms with Crippen molar-refractivity contribution >= 4 is 5.91 Å². The Morgan fingerprint density at radius 3 is 2.65 bits per heavy atom. The SMILES string of the molecule is C=CC(=O)NCC(F)(F)C1(OC)CCOCC1. The van der Waals surface area contributed by atoms with Gasteiger partial charge in [-0.15, -0.1) is 0 Å². The number of nitrogens with one attached hydrogen (secondary N) is 1. The van der Waals surface area contributed by atoms with Crippen molar-refractivity contribution < 1.29 is 23.0 Å². The molecule has 0 aromatic heterocycles. The predicted octanol–water partition coefficient (Wildman–Crippen LogP) is 1.12. The van der Waals surface area contributed by atoms with E-state index in [-0.39, 0.29) is 26.1 Å². The summed E-state index contributed by atoms with van der Waals surface area (Å²) in [5.41, 5.74) is -1.56. The Balaban J connectivity index is 2.70. The smallest absolute Gasteiger partial charge is 0.293 e. The van der Waals surface area contributed by atoms with Crippen LogP contribution >= 0.6 is 0 Å². The van der Waals surface area contributed by atoms with E-state index in [4.69, 9.17) is 9.47 Å². The molecule has 0 radical (unpaired) electrons. The number of carbonyl (C=O) groups excluding carboxylic acids is 1. The van der Waals surface area contributed by atoms with Crippen molar-refractivity contribution in [1.29, 1.82) is 0 Å². The number of halogens is 2. The van der Waals surface area contributed by atoms with E-state index in [0.717, 1.165) is 6.08 Å². The lowest BCUT2D eigenvalue weighted by Crippen LogP contribution is -2.57. The van der Waals surface area contributed by atoms with Crippen molar-refractivity contribution in [3.63, 3.8) is 0 Å². The van der Waals surface area contributed by atoms with Gasteiger partial charge in [0.15, 0.2) is 0 Å². The van der Waals surface area contributed by atoms with Crippen LogP contribution in [0, 0.1) is 0 Å². The molecular formula is C11H17F2NO3. The molecule has 0 aliphatic carbocycles. The fourth-order valence-corrected chi connectivity index (χ4v) is 1.85. The molecule has 6 heteroatoms. The zero-order valence-electron chi connectivity index (χ0n) is 9.80. The number of alkyl halides is 2. The number of amides is 1. The van der Waals surface area contributed by atoms with E-state index >= 15 is 0 Å². The summed E-state index contributed by atoms with van der Waals surface area (Å²) in [6.07, 6.45) is 1.18. The quantitative estimate of drug-likeness (QED) is 0.743. The average molecular weight is 249 g/mol. The Morgan fingerprint density at radius 1 is 1.59 bits per heavy atom. The van der Waals surface area contributed by atoms with Crippen molar-refractivity contribution in [3.05, 3.63) is 12.7 Å². The minimum absolute atomic E-state index is 0.112. The predicted molar refractivity (Wildman–Crippen MR) is 57.9 cm³/mol. The zero-order chi connectivity index (χ0) is 12.9. The summed E-state index contributed by atoms with van der Waals surface area (Å²) < 4.78 is 38.1. The van der Waals surface area contributed by atoms with Gasteiger partial charge in [0, 0.05) is 33.2 Å². The Morgan fingerprint density at radius 2 is 2.18 bits per heavy atom. The van der Waals surface area contributed by atoms with Gasteiger partial charge in [0.2, 0.25) is 5.91 Å². The molecule has 1 heterocycles. The van der Waals surface area contributed by atoms with Gasteiger partial charge in [0.25, 0.3) is 5.92 Å². The normalized spacial score (nSPS) is 19.7. The van der Waals surface area contributed by atoms with Gasteiger partial charge in [-0.05, 0) is 6.08 Å². The highest BCUT2D eigenvalue weighted by atomic mass is 19.3. The van der Waals surface area contributed by atoms with Crippen molar-refractivity contribution in [3.8, 4) is 0 Å².